The van der Waals surface area contributed by atoms with Crippen LogP contribution in [0.5, 0.6) is 0 Å². The van der Waals surface area contributed by atoms with Crippen LogP contribution in [0.3, 0.4) is 0 Å². The number of hydrogen-bond donors (Lipinski definition) is 2. The SMILES string of the molecule is CC(C)c1nc(C(=O)N2CCN(S(N)(=O)=O)CC2)n[nH]1. The topological polar surface area (TPSA) is 125 Å². The van der Waals surface area contributed by atoms with Gasteiger partial charge < -0.3 is 4.90 Å². The van der Waals surface area contributed by atoms with E-state index in [-0.39, 0.29) is 43.8 Å². The molecule has 10 heteroatoms. The van der Waals surface area contributed by atoms with Crippen molar-refractivity contribution in [3.63, 3.8) is 0 Å². The maximum atomic E-state index is 12.2. The minimum absolute atomic E-state index is 0.109. The highest BCUT2D eigenvalue weighted by Gasteiger charge is 2.28. The van der Waals surface area contributed by atoms with E-state index < -0.39 is 10.2 Å². The Kier molecular flexibility index (Phi) is 4.06. The quantitative estimate of drug-likeness (QED) is 0.732. The van der Waals surface area contributed by atoms with E-state index >= 15 is 0 Å². The van der Waals surface area contributed by atoms with Crippen molar-refractivity contribution < 1.29 is 13.2 Å². The largest absolute Gasteiger partial charge is 0.333 e. The van der Waals surface area contributed by atoms with Gasteiger partial charge in [0.2, 0.25) is 5.82 Å². The number of carbonyl (C=O) groups excluding carboxylic acids is 1. The number of carbonyl (C=O) groups is 1. The van der Waals surface area contributed by atoms with Crippen LogP contribution in [-0.2, 0) is 10.2 Å². The highest BCUT2D eigenvalue weighted by Crippen LogP contribution is 2.11. The first-order chi connectivity index (χ1) is 9.29. The zero-order valence-electron chi connectivity index (χ0n) is 11.4. The smallest absolute Gasteiger partial charge is 0.293 e. The van der Waals surface area contributed by atoms with Gasteiger partial charge in [-0.2, -0.15) is 12.7 Å². The van der Waals surface area contributed by atoms with Gasteiger partial charge in [-0.1, -0.05) is 13.8 Å². The van der Waals surface area contributed by atoms with Gasteiger partial charge >= 0.3 is 0 Å². The number of amides is 1. The van der Waals surface area contributed by atoms with Crippen molar-refractivity contribution in [3.05, 3.63) is 11.6 Å². The number of H-pyrrole nitrogens is 1. The van der Waals surface area contributed by atoms with Crippen LogP contribution in [-0.4, -0.2) is 64.9 Å². The maximum absolute atomic E-state index is 12.2. The second kappa shape index (κ2) is 5.46. The Morgan fingerprint density at radius 2 is 1.90 bits per heavy atom. The Labute approximate surface area is 117 Å². The van der Waals surface area contributed by atoms with Crippen LogP contribution in [0.2, 0.25) is 0 Å². The molecule has 0 unspecified atom stereocenters. The molecule has 1 saturated heterocycles. The molecule has 0 radical (unpaired) electrons. The highest BCUT2D eigenvalue weighted by molar-refractivity contribution is 7.86. The van der Waals surface area contributed by atoms with Gasteiger partial charge in [0.15, 0.2) is 0 Å². The van der Waals surface area contributed by atoms with Crippen LogP contribution in [0.1, 0.15) is 36.2 Å². The molecule has 3 N–H and O–H groups in total. The molecule has 0 saturated carbocycles. The molecular weight excluding hydrogens is 284 g/mol. The number of nitrogens with two attached hydrogens (primary N) is 1. The molecule has 9 nitrogen and oxygen atoms in total. The molecule has 1 aliphatic rings. The molecule has 2 rings (SSSR count). The minimum Gasteiger partial charge on any atom is -0.333 e. The van der Waals surface area contributed by atoms with Crippen LogP contribution in [0.25, 0.3) is 0 Å². The molecule has 0 atom stereocenters. The Hall–Kier alpha value is -1.52. The van der Waals surface area contributed by atoms with E-state index in [1.807, 2.05) is 13.8 Å². The molecule has 112 valence electrons. The molecule has 20 heavy (non-hydrogen) atoms. The molecule has 1 amide bonds. The van der Waals surface area contributed by atoms with Gasteiger partial charge in [0.05, 0.1) is 0 Å². The third-order valence-electron chi connectivity index (χ3n) is 3.13. The summed E-state index contributed by atoms with van der Waals surface area (Å²) in [4.78, 5) is 17.8. The van der Waals surface area contributed by atoms with Gasteiger partial charge in [-0.05, 0) is 0 Å². The van der Waals surface area contributed by atoms with Gasteiger partial charge in [-0.25, -0.2) is 10.1 Å². The van der Waals surface area contributed by atoms with Crippen LogP contribution >= 0.6 is 0 Å². The number of aromatic amines is 1. The molecule has 1 aliphatic heterocycles. The van der Waals surface area contributed by atoms with Crippen LogP contribution in [0.4, 0.5) is 0 Å². The second-order valence-electron chi connectivity index (χ2n) is 4.94. The van der Waals surface area contributed by atoms with Gasteiger partial charge in [0.1, 0.15) is 5.82 Å². The summed E-state index contributed by atoms with van der Waals surface area (Å²) in [6.45, 7) is 4.82. The predicted octanol–water partition coefficient (Wildman–Crippen LogP) is -1.11. The van der Waals surface area contributed by atoms with E-state index in [4.69, 9.17) is 5.14 Å². The van der Waals surface area contributed by atoms with E-state index in [9.17, 15) is 13.2 Å². The summed E-state index contributed by atoms with van der Waals surface area (Å²) in [6.07, 6.45) is 0. The van der Waals surface area contributed by atoms with Crippen molar-refractivity contribution in [3.8, 4) is 0 Å². The summed E-state index contributed by atoms with van der Waals surface area (Å²) >= 11 is 0. The fourth-order valence-corrected chi connectivity index (χ4v) is 2.59. The Morgan fingerprint density at radius 1 is 1.30 bits per heavy atom. The zero-order valence-corrected chi connectivity index (χ0v) is 12.2. The lowest BCUT2D eigenvalue weighted by atomic mass is 10.2. The summed E-state index contributed by atoms with van der Waals surface area (Å²) < 4.78 is 23.5. The van der Waals surface area contributed by atoms with Crippen molar-refractivity contribution in [2.45, 2.75) is 19.8 Å². The monoisotopic (exact) mass is 302 g/mol. The van der Waals surface area contributed by atoms with Crippen molar-refractivity contribution in [2.75, 3.05) is 26.2 Å². The third kappa shape index (κ3) is 3.14. The zero-order chi connectivity index (χ0) is 14.9. The van der Waals surface area contributed by atoms with E-state index in [0.717, 1.165) is 4.31 Å². The van der Waals surface area contributed by atoms with E-state index in [1.165, 1.54) is 4.90 Å². The summed E-state index contributed by atoms with van der Waals surface area (Å²) in [5.74, 6) is 0.611. The lowest BCUT2D eigenvalue weighted by Crippen LogP contribution is -2.52. The fourth-order valence-electron chi connectivity index (χ4n) is 1.92. The fraction of sp³-hybridized carbons (Fsp3) is 0.700. The number of hydrogen-bond acceptors (Lipinski definition) is 5. The lowest BCUT2D eigenvalue weighted by molar-refractivity contribution is 0.0686. The molecule has 1 aromatic heterocycles. The number of nitrogens with zero attached hydrogens (tertiary/aromatic N) is 4. The third-order valence-corrected chi connectivity index (χ3v) is 4.21. The molecule has 1 aromatic rings. The first-order valence-corrected chi connectivity index (χ1v) is 7.79. The average Bonchev–Trinajstić information content (AvgIpc) is 2.86. The molecule has 0 spiro atoms. The molecule has 0 aliphatic carbocycles. The molecule has 1 fully saturated rings. The molecular formula is C10H18N6O3S. The van der Waals surface area contributed by atoms with Crippen molar-refractivity contribution in [1.82, 2.24) is 24.4 Å². The van der Waals surface area contributed by atoms with Crippen molar-refractivity contribution in [2.24, 2.45) is 5.14 Å². The number of nitrogens with one attached hydrogen (secondary N) is 1. The highest BCUT2D eigenvalue weighted by atomic mass is 32.2. The lowest BCUT2D eigenvalue weighted by Gasteiger charge is -2.32. The Balaban J connectivity index is 2.01. The number of aromatic nitrogens is 3. The van der Waals surface area contributed by atoms with Crippen molar-refractivity contribution >= 4 is 16.1 Å². The standard InChI is InChI=1S/C10H18N6O3S/c1-7(2)8-12-9(14-13-8)10(17)15-3-5-16(6-4-15)20(11,18)19/h7H,3-6H2,1-2H3,(H2,11,18,19)(H,12,13,14). The Bertz CT molecular complexity index is 588. The van der Waals surface area contributed by atoms with Gasteiger partial charge in [-0.3, -0.25) is 9.89 Å². The van der Waals surface area contributed by atoms with Gasteiger partial charge in [0, 0.05) is 32.1 Å². The summed E-state index contributed by atoms with van der Waals surface area (Å²) in [7, 11) is -3.69. The summed E-state index contributed by atoms with van der Waals surface area (Å²) in [5, 5.41) is 11.7. The summed E-state index contributed by atoms with van der Waals surface area (Å²) in [6, 6.07) is 0. The van der Waals surface area contributed by atoms with Crippen LogP contribution < -0.4 is 5.14 Å². The molecule has 0 aromatic carbocycles. The molecule has 2 heterocycles. The minimum atomic E-state index is -3.69. The predicted molar refractivity (Wildman–Crippen MR) is 71.1 cm³/mol. The maximum Gasteiger partial charge on any atom is 0.293 e. The van der Waals surface area contributed by atoms with Crippen LogP contribution in [0.15, 0.2) is 0 Å². The first kappa shape index (κ1) is 14.9. The molecule has 0 bridgehead atoms. The number of piperazine rings is 1. The average molecular weight is 302 g/mol. The Morgan fingerprint density at radius 3 is 2.35 bits per heavy atom. The number of rotatable bonds is 3. The van der Waals surface area contributed by atoms with E-state index in [1.54, 1.807) is 0 Å². The first-order valence-electron chi connectivity index (χ1n) is 6.28. The van der Waals surface area contributed by atoms with E-state index in [2.05, 4.69) is 15.2 Å². The van der Waals surface area contributed by atoms with Gasteiger partial charge in [0.25, 0.3) is 16.1 Å². The van der Waals surface area contributed by atoms with Crippen LogP contribution in [0, 0.1) is 0 Å². The normalized spacial score (nSPS) is 17.7. The second-order valence-corrected chi connectivity index (χ2v) is 6.48. The van der Waals surface area contributed by atoms with Crippen molar-refractivity contribution in [1.29, 1.82) is 0 Å². The van der Waals surface area contributed by atoms with Gasteiger partial charge in [-0.15, -0.1) is 5.10 Å². The summed E-state index contributed by atoms with van der Waals surface area (Å²) in [5.41, 5.74) is 0. The van der Waals surface area contributed by atoms with E-state index in [0.29, 0.717) is 5.82 Å².